The number of hydrogen-bond acceptors (Lipinski definition) is 4. The number of anilines is 2. The summed E-state index contributed by atoms with van der Waals surface area (Å²) in [6, 6.07) is 16.0. The lowest BCUT2D eigenvalue weighted by Gasteiger charge is -2.22. The molecule has 0 bridgehead atoms. The predicted octanol–water partition coefficient (Wildman–Crippen LogP) is 2.81. The van der Waals surface area contributed by atoms with Crippen LogP contribution < -0.4 is 9.62 Å². The Morgan fingerprint density at radius 1 is 1.09 bits per heavy atom. The van der Waals surface area contributed by atoms with Crippen LogP contribution in [0.4, 0.5) is 11.4 Å². The van der Waals surface area contributed by atoms with E-state index < -0.39 is 10.0 Å². The van der Waals surface area contributed by atoms with Crippen LogP contribution in [0, 0.1) is 0 Å². The van der Waals surface area contributed by atoms with E-state index >= 15 is 0 Å². The van der Waals surface area contributed by atoms with E-state index in [1.807, 2.05) is 24.5 Å². The van der Waals surface area contributed by atoms with E-state index in [1.165, 1.54) is 11.8 Å². The van der Waals surface area contributed by atoms with Crippen LogP contribution in [-0.2, 0) is 14.8 Å². The van der Waals surface area contributed by atoms with Crippen molar-refractivity contribution in [3.63, 3.8) is 0 Å². The van der Waals surface area contributed by atoms with E-state index in [9.17, 15) is 13.2 Å². The van der Waals surface area contributed by atoms with Crippen LogP contribution >= 0.6 is 11.8 Å². The molecule has 0 aliphatic heterocycles. The zero-order valence-corrected chi connectivity index (χ0v) is 14.5. The normalized spacial score (nSPS) is 11.0. The Bertz CT molecular complexity index is 777. The van der Waals surface area contributed by atoms with Gasteiger partial charge in [0.15, 0.2) is 0 Å². The standard InChI is InChI=1S/C16H18N2O3S2/c1-22-15-11-7-6-10-14(15)17-16(19)12-18(23(2,20)21)13-8-4-3-5-9-13/h3-11H,12H2,1-2H3,(H,17,19). The Labute approximate surface area is 140 Å². The topological polar surface area (TPSA) is 66.5 Å². The van der Waals surface area contributed by atoms with Gasteiger partial charge in [-0.2, -0.15) is 0 Å². The molecule has 2 aromatic carbocycles. The van der Waals surface area contributed by atoms with Gasteiger partial charge in [0.2, 0.25) is 15.9 Å². The van der Waals surface area contributed by atoms with E-state index in [4.69, 9.17) is 0 Å². The molecular weight excluding hydrogens is 332 g/mol. The lowest BCUT2D eigenvalue weighted by Crippen LogP contribution is -2.37. The zero-order valence-electron chi connectivity index (χ0n) is 12.9. The number of carbonyl (C=O) groups excluding carboxylic acids is 1. The summed E-state index contributed by atoms with van der Waals surface area (Å²) in [7, 11) is -3.55. The van der Waals surface area contributed by atoms with Crippen molar-refractivity contribution in [2.24, 2.45) is 0 Å². The molecule has 0 heterocycles. The molecule has 1 N–H and O–H groups in total. The third-order valence-electron chi connectivity index (χ3n) is 3.11. The van der Waals surface area contributed by atoms with Crippen LogP contribution in [0.2, 0.25) is 0 Å². The minimum atomic E-state index is -3.55. The minimum Gasteiger partial charge on any atom is -0.323 e. The fraction of sp³-hybridized carbons (Fsp3) is 0.188. The maximum Gasteiger partial charge on any atom is 0.245 e. The molecule has 0 spiro atoms. The van der Waals surface area contributed by atoms with Crippen molar-refractivity contribution < 1.29 is 13.2 Å². The number of hydrogen-bond donors (Lipinski definition) is 1. The number of rotatable bonds is 6. The van der Waals surface area contributed by atoms with Crippen LogP contribution in [0.5, 0.6) is 0 Å². The molecule has 0 radical (unpaired) electrons. The fourth-order valence-electron chi connectivity index (χ4n) is 2.06. The zero-order chi connectivity index (χ0) is 16.9. The van der Waals surface area contributed by atoms with Gasteiger partial charge >= 0.3 is 0 Å². The first-order valence-electron chi connectivity index (χ1n) is 6.87. The molecule has 0 fully saturated rings. The summed E-state index contributed by atoms with van der Waals surface area (Å²) in [6.07, 6.45) is 3.00. The molecule has 0 aliphatic carbocycles. The van der Waals surface area contributed by atoms with Gasteiger partial charge in [0.25, 0.3) is 0 Å². The molecule has 0 aromatic heterocycles. The third-order valence-corrected chi connectivity index (χ3v) is 5.05. The van der Waals surface area contributed by atoms with Gasteiger partial charge in [-0.15, -0.1) is 11.8 Å². The van der Waals surface area contributed by atoms with Crippen molar-refractivity contribution in [1.82, 2.24) is 0 Å². The quantitative estimate of drug-likeness (QED) is 0.814. The summed E-state index contributed by atoms with van der Waals surface area (Å²) in [5.41, 5.74) is 1.13. The second kappa shape index (κ2) is 7.52. The van der Waals surface area contributed by atoms with Gasteiger partial charge in [-0.1, -0.05) is 30.3 Å². The molecule has 0 atom stereocenters. The van der Waals surface area contributed by atoms with Gasteiger partial charge in [0.05, 0.1) is 17.6 Å². The summed E-state index contributed by atoms with van der Waals surface area (Å²) in [5.74, 6) is -0.388. The second-order valence-corrected chi connectivity index (χ2v) is 7.61. The predicted molar refractivity (Wildman–Crippen MR) is 95.5 cm³/mol. The van der Waals surface area contributed by atoms with Gasteiger partial charge < -0.3 is 5.32 Å². The average Bonchev–Trinajstić information content (AvgIpc) is 2.53. The molecule has 122 valence electrons. The maximum atomic E-state index is 12.3. The number of amides is 1. The highest BCUT2D eigenvalue weighted by Gasteiger charge is 2.20. The average molecular weight is 350 g/mol. The number of carbonyl (C=O) groups is 1. The Balaban J connectivity index is 2.19. The second-order valence-electron chi connectivity index (χ2n) is 4.85. The maximum absolute atomic E-state index is 12.3. The van der Waals surface area contributed by atoms with E-state index in [0.29, 0.717) is 11.4 Å². The van der Waals surface area contributed by atoms with Gasteiger partial charge in [0, 0.05) is 4.90 Å². The smallest absolute Gasteiger partial charge is 0.245 e. The largest absolute Gasteiger partial charge is 0.323 e. The number of para-hydroxylation sites is 2. The van der Waals surface area contributed by atoms with Gasteiger partial charge in [0.1, 0.15) is 6.54 Å². The van der Waals surface area contributed by atoms with Crippen molar-refractivity contribution in [3.8, 4) is 0 Å². The van der Waals surface area contributed by atoms with Crippen LogP contribution in [0.1, 0.15) is 0 Å². The van der Waals surface area contributed by atoms with E-state index in [1.54, 1.807) is 36.4 Å². The first kappa shape index (κ1) is 17.4. The molecule has 1 amide bonds. The van der Waals surface area contributed by atoms with Crippen molar-refractivity contribution in [3.05, 3.63) is 54.6 Å². The number of benzene rings is 2. The number of sulfonamides is 1. The van der Waals surface area contributed by atoms with E-state index in [0.717, 1.165) is 15.5 Å². The molecule has 2 aromatic rings. The summed E-state index contributed by atoms with van der Waals surface area (Å²) in [4.78, 5) is 13.2. The molecule has 0 saturated carbocycles. The number of thioether (sulfide) groups is 1. The van der Waals surface area contributed by atoms with E-state index in [2.05, 4.69) is 5.32 Å². The number of nitrogens with zero attached hydrogens (tertiary/aromatic N) is 1. The fourth-order valence-corrected chi connectivity index (χ4v) is 3.47. The van der Waals surface area contributed by atoms with E-state index in [-0.39, 0.29) is 12.5 Å². The van der Waals surface area contributed by atoms with Crippen molar-refractivity contribution >= 4 is 39.1 Å². The molecule has 0 saturated heterocycles. The monoisotopic (exact) mass is 350 g/mol. The summed E-state index contributed by atoms with van der Waals surface area (Å²) in [5, 5.41) is 2.77. The van der Waals surface area contributed by atoms with Gasteiger partial charge in [-0.25, -0.2) is 8.42 Å². The highest BCUT2D eigenvalue weighted by molar-refractivity contribution is 7.98. The highest BCUT2D eigenvalue weighted by atomic mass is 32.2. The van der Waals surface area contributed by atoms with Crippen molar-refractivity contribution in [1.29, 1.82) is 0 Å². The molecule has 0 aliphatic rings. The van der Waals surface area contributed by atoms with Crippen molar-refractivity contribution in [2.45, 2.75) is 4.90 Å². The third kappa shape index (κ3) is 4.74. The summed E-state index contributed by atoms with van der Waals surface area (Å²) >= 11 is 1.51. The highest BCUT2D eigenvalue weighted by Crippen LogP contribution is 2.25. The van der Waals surface area contributed by atoms with Crippen molar-refractivity contribution in [2.75, 3.05) is 28.7 Å². The Morgan fingerprint density at radius 2 is 1.70 bits per heavy atom. The molecule has 0 unspecified atom stereocenters. The van der Waals surface area contributed by atoms with Gasteiger partial charge in [-0.3, -0.25) is 9.10 Å². The first-order chi connectivity index (χ1) is 10.9. The van der Waals surface area contributed by atoms with Gasteiger partial charge in [-0.05, 0) is 30.5 Å². The van der Waals surface area contributed by atoms with Crippen LogP contribution in [0.3, 0.4) is 0 Å². The molecule has 5 nitrogen and oxygen atoms in total. The lowest BCUT2D eigenvalue weighted by molar-refractivity contribution is -0.114. The summed E-state index contributed by atoms with van der Waals surface area (Å²) in [6.45, 7) is -0.272. The summed E-state index contributed by atoms with van der Waals surface area (Å²) < 4.78 is 25.1. The Kier molecular flexibility index (Phi) is 5.68. The minimum absolute atomic E-state index is 0.272. The Hall–Kier alpha value is -1.99. The molecule has 2 rings (SSSR count). The Morgan fingerprint density at radius 3 is 2.30 bits per heavy atom. The molecule has 7 heteroatoms. The lowest BCUT2D eigenvalue weighted by atomic mass is 10.3. The first-order valence-corrected chi connectivity index (χ1v) is 9.95. The van der Waals surface area contributed by atoms with Crippen LogP contribution in [0.15, 0.2) is 59.5 Å². The molecule has 23 heavy (non-hydrogen) atoms. The van der Waals surface area contributed by atoms with Crippen LogP contribution in [-0.4, -0.2) is 33.4 Å². The van der Waals surface area contributed by atoms with Crippen LogP contribution in [0.25, 0.3) is 0 Å². The SMILES string of the molecule is CSc1ccccc1NC(=O)CN(c1ccccc1)S(C)(=O)=O. The molecular formula is C16H18N2O3S2. The number of nitrogens with one attached hydrogen (secondary N) is 1.